The van der Waals surface area contributed by atoms with E-state index < -0.39 is 0 Å². The Morgan fingerprint density at radius 2 is 0.972 bits per heavy atom. The topological polar surface area (TPSA) is 84.5 Å². The second kappa shape index (κ2) is 7.94. The number of aryl methyl sites for hydroxylation is 6. The monoisotopic (exact) mass is 516 g/mol. The lowest BCUT2D eigenvalue weighted by atomic mass is 10.1. The van der Waals surface area contributed by atoms with Gasteiger partial charge in [0.15, 0.2) is 0 Å². The van der Waals surface area contributed by atoms with Crippen molar-refractivity contribution >= 4 is 45.9 Å². The zero-order valence-electron chi connectivity index (χ0n) is 20.8. The molecule has 36 heavy (non-hydrogen) atoms. The van der Waals surface area contributed by atoms with E-state index in [1.165, 1.54) is 22.7 Å². The fourth-order valence-corrected chi connectivity index (χ4v) is 7.43. The predicted molar refractivity (Wildman–Crippen MR) is 143 cm³/mol. The highest BCUT2D eigenvalue weighted by Crippen LogP contribution is 2.45. The van der Waals surface area contributed by atoms with Gasteiger partial charge in [-0.25, -0.2) is 0 Å². The van der Waals surface area contributed by atoms with Crippen LogP contribution in [0.25, 0.3) is 32.7 Å². The molecule has 0 fully saturated rings. The molecule has 8 heteroatoms. The van der Waals surface area contributed by atoms with E-state index in [-0.39, 0.29) is 11.8 Å². The molecule has 0 unspecified atom stereocenters. The van der Waals surface area contributed by atoms with Gasteiger partial charge in [-0.3, -0.25) is 9.59 Å². The van der Waals surface area contributed by atoms with Gasteiger partial charge in [-0.2, -0.15) is 0 Å². The van der Waals surface area contributed by atoms with Crippen LogP contribution < -0.4 is 10.6 Å². The van der Waals surface area contributed by atoms with E-state index in [0.29, 0.717) is 22.5 Å². The summed E-state index contributed by atoms with van der Waals surface area (Å²) in [7, 11) is 0. The summed E-state index contributed by atoms with van der Waals surface area (Å²) in [5.74, 6) is 2.79. The molecule has 2 amide bonds. The minimum atomic E-state index is -0.271. The third-order valence-electron chi connectivity index (χ3n) is 6.50. The normalized spacial score (nSPS) is 15.3. The molecular weight excluding hydrogens is 492 g/mol. The molecule has 0 aromatic carbocycles. The van der Waals surface area contributed by atoms with E-state index in [1.54, 1.807) is 0 Å². The number of carbonyl (C=O) groups excluding carboxylic acids is 2. The molecule has 0 radical (unpaired) electrons. The maximum atomic E-state index is 13.2. The van der Waals surface area contributed by atoms with E-state index >= 15 is 0 Å². The molecule has 4 aromatic heterocycles. The highest BCUT2D eigenvalue weighted by molar-refractivity contribution is 7.17. The molecule has 0 bridgehead atoms. The smallest absolute Gasteiger partial charge is 0.258 e. The van der Waals surface area contributed by atoms with Crippen molar-refractivity contribution in [1.82, 2.24) is 10.6 Å². The van der Waals surface area contributed by atoms with Gasteiger partial charge in [0.25, 0.3) is 11.8 Å². The highest BCUT2D eigenvalue weighted by Gasteiger charge is 2.42. The van der Waals surface area contributed by atoms with Crippen LogP contribution in [0, 0.1) is 41.5 Å². The second-order valence-corrected chi connectivity index (χ2v) is 11.5. The Kier molecular flexibility index (Phi) is 5.04. The average molecular weight is 517 g/mol. The van der Waals surface area contributed by atoms with Gasteiger partial charge in [0.1, 0.15) is 23.0 Å². The predicted octanol–water partition coefficient (Wildman–Crippen LogP) is 6.56. The van der Waals surface area contributed by atoms with Crippen LogP contribution in [0.1, 0.15) is 43.5 Å². The lowest BCUT2D eigenvalue weighted by Crippen LogP contribution is -2.21. The first-order chi connectivity index (χ1) is 17.1. The largest absolute Gasteiger partial charge is 0.460 e. The maximum Gasteiger partial charge on any atom is 0.258 e. The Balaban J connectivity index is 1.47. The summed E-state index contributed by atoms with van der Waals surface area (Å²) in [6.45, 7) is 11.8. The van der Waals surface area contributed by atoms with Crippen LogP contribution in [-0.4, -0.2) is 11.8 Å². The van der Waals surface area contributed by atoms with Crippen molar-refractivity contribution in [3.63, 3.8) is 0 Å². The number of hydrogen-bond acceptors (Lipinski definition) is 6. The standard InChI is InChI=1S/C28H24N2O4S2/c1-11-7-15(5)33-23(11)17-9-13(3)25(35-17)21-19-20(28(32)29-21)22(30-27(19)31)26-14(4)10-18(36-26)24-12(2)8-16(6)34-24/h7-10H,1-6H3,(H,29,32)(H,30,31). The van der Waals surface area contributed by atoms with Crippen LogP contribution in [-0.2, 0) is 9.59 Å². The third kappa shape index (κ3) is 3.36. The van der Waals surface area contributed by atoms with Crippen molar-refractivity contribution in [3.05, 3.63) is 78.9 Å². The highest BCUT2D eigenvalue weighted by atomic mass is 32.1. The molecule has 0 atom stereocenters. The first-order valence-electron chi connectivity index (χ1n) is 11.6. The van der Waals surface area contributed by atoms with Crippen LogP contribution >= 0.6 is 22.7 Å². The SMILES string of the molecule is Cc1cc(C)c(-c2cc(C)c(C3=C4C(=O)NC(c5sc(-c6oc(C)cc6C)cc5C)=C4C(=O)N3)s2)o1. The summed E-state index contributed by atoms with van der Waals surface area (Å²) in [5, 5.41) is 5.97. The number of nitrogens with one attached hydrogen (secondary N) is 2. The Labute approximate surface area is 216 Å². The van der Waals surface area contributed by atoms with Crippen LogP contribution in [0.5, 0.6) is 0 Å². The molecule has 182 valence electrons. The van der Waals surface area contributed by atoms with Gasteiger partial charge in [0, 0.05) is 0 Å². The Morgan fingerprint density at radius 1 is 0.583 bits per heavy atom. The molecular formula is C28H24N2O4S2. The van der Waals surface area contributed by atoms with Crippen molar-refractivity contribution in [1.29, 1.82) is 0 Å². The molecule has 6 nitrogen and oxygen atoms in total. The van der Waals surface area contributed by atoms with Crippen molar-refractivity contribution in [2.75, 3.05) is 0 Å². The van der Waals surface area contributed by atoms with Crippen LogP contribution in [0.2, 0.25) is 0 Å². The average Bonchev–Trinajstić information content (AvgIpc) is 3.61. The fourth-order valence-electron chi connectivity index (χ4n) is 4.98. The summed E-state index contributed by atoms with van der Waals surface area (Å²) in [5.41, 5.74) is 5.99. The van der Waals surface area contributed by atoms with Crippen molar-refractivity contribution in [3.8, 4) is 21.3 Å². The second-order valence-electron chi connectivity index (χ2n) is 9.39. The van der Waals surface area contributed by atoms with Gasteiger partial charge in [-0.15, -0.1) is 22.7 Å². The van der Waals surface area contributed by atoms with E-state index in [1.807, 2.05) is 65.8 Å². The van der Waals surface area contributed by atoms with Gasteiger partial charge in [-0.05, 0) is 88.1 Å². The number of amides is 2. The van der Waals surface area contributed by atoms with Crippen molar-refractivity contribution in [2.24, 2.45) is 0 Å². The molecule has 0 saturated carbocycles. The Bertz CT molecular complexity index is 1560. The summed E-state index contributed by atoms with van der Waals surface area (Å²) < 4.78 is 11.8. The van der Waals surface area contributed by atoms with Crippen LogP contribution in [0.3, 0.4) is 0 Å². The Hall–Kier alpha value is -3.62. The quantitative estimate of drug-likeness (QED) is 0.322. The molecule has 2 aliphatic heterocycles. The fraction of sp³-hybridized carbons (Fsp3) is 0.214. The van der Waals surface area contributed by atoms with Gasteiger partial charge in [0.05, 0.1) is 42.0 Å². The number of rotatable bonds is 4. The van der Waals surface area contributed by atoms with E-state index in [0.717, 1.165) is 64.8 Å². The molecule has 4 aromatic rings. The number of thiophene rings is 2. The van der Waals surface area contributed by atoms with Crippen LogP contribution in [0.4, 0.5) is 0 Å². The number of fused-ring (bicyclic) bond motifs is 1. The summed E-state index contributed by atoms with van der Waals surface area (Å²) in [4.78, 5) is 30.1. The van der Waals surface area contributed by atoms with E-state index in [9.17, 15) is 9.59 Å². The summed E-state index contributed by atoms with van der Waals surface area (Å²) >= 11 is 3.03. The number of hydrogen-bond donors (Lipinski definition) is 2. The van der Waals surface area contributed by atoms with E-state index in [2.05, 4.69) is 10.6 Å². The summed E-state index contributed by atoms with van der Waals surface area (Å²) in [6, 6.07) is 8.10. The van der Waals surface area contributed by atoms with Crippen molar-refractivity contribution < 1.29 is 18.4 Å². The molecule has 0 spiro atoms. The van der Waals surface area contributed by atoms with Crippen LogP contribution in [0.15, 0.2) is 44.2 Å². The van der Waals surface area contributed by atoms with Crippen molar-refractivity contribution in [2.45, 2.75) is 41.5 Å². The minimum absolute atomic E-state index is 0.271. The van der Waals surface area contributed by atoms with E-state index in [4.69, 9.17) is 8.83 Å². The number of carbonyl (C=O) groups is 2. The molecule has 2 aliphatic rings. The molecule has 6 heterocycles. The van der Waals surface area contributed by atoms with Gasteiger partial charge in [-0.1, -0.05) is 0 Å². The first-order valence-corrected chi connectivity index (χ1v) is 13.2. The molecule has 2 N–H and O–H groups in total. The maximum absolute atomic E-state index is 13.2. The lowest BCUT2D eigenvalue weighted by Gasteiger charge is -2.06. The summed E-state index contributed by atoms with van der Waals surface area (Å²) in [6.07, 6.45) is 0. The van der Waals surface area contributed by atoms with Gasteiger partial charge >= 0.3 is 0 Å². The minimum Gasteiger partial charge on any atom is -0.460 e. The zero-order valence-corrected chi connectivity index (χ0v) is 22.4. The van der Waals surface area contributed by atoms with Gasteiger partial charge < -0.3 is 19.5 Å². The molecule has 0 saturated heterocycles. The Morgan fingerprint density at radius 3 is 1.31 bits per heavy atom. The lowest BCUT2D eigenvalue weighted by molar-refractivity contribution is -0.117. The van der Waals surface area contributed by atoms with Gasteiger partial charge in [0.2, 0.25) is 0 Å². The third-order valence-corrected chi connectivity index (χ3v) is 9.01. The molecule has 0 aliphatic carbocycles. The molecule has 6 rings (SSSR count). The first kappa shape index (κ1) is 22.8. The number of furan rings is 2. The zero-order chi connectivity index (χ0) is 25.5.